The first kappa shape index (κ1) is 9.64. The van der Waals surface area contributed by atoms with Gasteiger partial charge in [-0.25, -0.2) is 4.79 Å². The standard InChI is InChI=1S/C10H6N2O5/c13-9-7(12(15)10(14)11-9)5-2-1-3-6-8(5)17-4-16-6/h1-3H,4H2,(H,11,13,14). The fourth-order valence-electron chi connectivity index (χ4n) is 1.75. The second-order valence-electron chi connectivity index (χ2n) is 3.44. The van der Waals surface area contributed by atoms with Crippen LogP contribution in [0.15, 0.2) is 18.2 Å². The second-order valence-corrected chi connectivity index (χ2v) is 3.44. The van der Waals surface area contributed by atoms with Crippen LogP contribution in [-0.4, -0.2) is 29.2 Å². The molecule has 0 atom stereocenters. The van der Waals surface area contributed by atoms with Crippen LogP contribution in [0.25, 0.3) is 0 Å². The van der Waals surface area contributed by atoms with Crippen molar-refractivity contribution in [2.24, 2.45) is 0 Å². The highest BCUT2D eigenvalue weighted by molar-refractivity contribution is 6.48. The first-order valence-corrected chi connectivity index (χ1v) is 4.77. The second kappa shape index (κ2) is 3.21. The van der Waals surface area contributed by atoms with E-state index >= 15 is 0 Å². The van der Waals surface area contributed by atoms with Gasteiger partial charge >= 0.3 is 11.9 Å². The molecule has 7 nitrogen and oxygen atoms in total. The number of amides is 3. The molecule has 0 saturated heterocycles. The zero-order valence-corrected chi connectivity index (χ0v) is 8.43. The van der Waals surface area contributed by atoms with Crippen LogP contribution in [-0.2, 0) is 4.79 Å². The summed E-state index contributed by atoms with van der Waals surface area (Å²) in [7, 11) is 0. The van der Waals surface area contributed by atoms with Gasteiger partial charge in [-0.15, -0.1) is 0 Å². The smallest absolute Gasteiger partial charge is 0.502 e. The van der Waals surface area contributed by atoms with Crippen LogP contribution in [0.2, 0.25) is 0 Å². The predicted molar refractivity (Wildman–Crippen MR) is 53.8 cm³/mol. The molecule has 2 aliphatic rings. The lowest BCUT2D eigenvalue weighted by Crippen LogP contribution is -2.26. The van der Waals surface area contributed by atoms with Gasteiger partial charge in [0.05, 0.1) is 5.56 Å². The van der Waals surface area contributed by atoms with Gasteiger partial charge in [-0.3, -0.25) is 0 Å². The molecule has 0 spiro atoms. The Morgan fingerprint density at radius 3 is 2.82 bits per heavy atom. The van der Waals surface area contributed by atoms with Crippen LogP contribution in [0.5, 0.6) is 11.5 Å². The van der Waals surface area contributed by atoms with Crippen molar-refractivity contribution < 1.29 is 23.8 Å². The molecule has 7 heteroatoms. The highest BCUT2D eigenvalue weighted by atomic mass is 16.7. The van der Waals surface area contributed by atoms with E-state index < -0.39 is 11.9 Å². The molecular weight excluding hydrogens is 228 g/mol. The number of carbonyl (C=O) groups is 2. The molecule has 0 bridgehead atoms. The van der Waals surface area contributed by atoms with E-state index in [0.717, 1.165) is 0 Å². The first-order chi connectivity index (χ1) is 8.18. The molecule has 0 aromatic heterocycles. The van der Waals surface area contributed by atoms with Gasteiger partial charge in [0.15, 0.2) is 11.5 Å². The Morgan fingerprint density at radius 2 is 2.12 bits per heavy atom. The van der Waals surface area contributed by atoms with Crippen molar-refractivity contribution in [3.05, 3.63) is 29.0 Å². The van der Waals surface area contributed by atoms with Gasteiger partial charge in [-0.05, 0) is 12.1 Å². The number of benzene rings is 1. The number of imide groups is 1. The maximum Gasteiger partial charge on any atom is 0.502 e. The summed E-state index contributed by atoms with van der Waals surface area (Å²) in [6.45, 7) is 0.0219. The van der Waals surface area contributed by atoms with Crippen molar-refractivity contribution >= 4 is 17.6 Å². The quantitative estimate of drug-likeness (QED) is 0.544. The molecule has 0 aliphatic carbocycles. The maximum absolute atomic E-state index is 11.5. The minimum atomic E-state index is -0.999. The minimum absolute atomic E-state index is 0.0135. The van der Waals surface area contributed by atoms with Crippen molar-refractivity contribution in [3.63, 3.8) is 0 Å². The topological polar surface area (TPSA) is 90.7 Å². The van der Waals surface area contributed by atoms with Crippen LogP contribution in [0.3, 0.4) is 0 Å². The number of ether oxygens (including phenoxy) is 2. The van der Waals surface area contributed by atoms with Crippen LogP contribution >= 0.6 is 0 Å². The van der Waals surface area contributed by atoms with E-state index in [2.05, 4.69) is 0 Å². The number of hydrogen-bond donors (Lipinski definition) is 1. The fraction of sp³-hybridized carbons (Fsp3) is 0.100. The number of nitrogens with one attached hydrogen (secondary N) is 1. The Balaban J connectivity index is 2.21. The summed E-state index contributed by atoms with van der Waals surface area (Å²) >= 11 is 0. The molecular formula is C10H6N2O5. The number of hydroxylamine groups is 1. The summed E-state index contributed by atoms with van der Waals surface area (Å²) in [6.07, 6.45) is 0. The highest BCUT2D eigenvalue weighted by Crippen LogP contribution is 2.35. The molecule has 0 radical (unpaired) electrons. The van der Waals surface area contributed by atoms with E-state index in [4.69, 9.17) is 9.47 Å². The third kappa shape index (κ3) is 1.25. The Morgan fingerprint density at radius 1 is 1.29 bits per heavy atom. The lowest BCUT2D eigenvalue weighted by atomic mass is 10.1. The van der Waals surface area contributed by atoms with Crippen molar-refractivity contribution in [3.8, 4) is 11.5 Å². The van der Waals surface area contributed by atoms with Gasteiger partial charge < -0.3 is 14.7 Å². The molecule has 3 rings (SSSR count). The molecule has 0 unspecified atom stereocenters. The molecule has 0 fully saturated rings. The Bertz CT molecular complexity index is 578. The van der Waals surface area contributed by atoms with Gasteiger partial charge in [-0.2, -0.15) is 14.9 Å². The number of rotatable bonds is 1. The number of hydrogen-bond acceptors (Lipinski definition) is 5. The number of urea groups is 1. The monoisotopic (exact) mass is 234 g/mol. The molecule has 0 saturated carbocycles. The first-order valence-electron chi connectivity index (χ1n) is 4.77. The summed E-state index contributed by atoms with van der Waals surface area (Å²) in [5.74, 6) is -0.00218. The average molecular weight is 234 g/mol. The number of carbonyl (C=O) groups excluding carboxylic acids is 2. The molecule has 1 aromatic carbocycles. The van der Waals surface area contributed by atoms with Crippen molar-refractivity contribution in [2.75, 3.05) is 6.79 Å². The van der Waals surface area contributed by atoms with E-state index in [1.54, 1.807) is 12.1 Å². The van der Waals surface area contributed by atoms with Gasteiger partial charge in [0.2, 0.25) is 12.5 Å². The number of nitrogens with zero attached hydrogens (tertiary/aromatic N) is 1. The van der Waals surface area contributed by atoms with Crippen molar-refractivity contribution in [1.82, 2.24) is 5.32 Å². The van der Waals surface area contributed by atoms with Gasteiger partial charge in [-0.1, -0.05) is 6.07 Å². The lowest BCUT2D eigenvalue weighted by Gasteiger charge is -2.04. The van der Waals surface area contributed by atoms with E-state index in [1.165, 1.54) is 6.07 Å². The fourth-order valence-corrected chi connectivity index (χ4v) is 1.75. The van der Waals surface area contributed by atoms with Gasteiger partial charge in [0.1, 0.15) is 0 Å². The molecule has 17 heavy (non-hydrogen) atoms. The number of para-hydroxylation sites is 1. The maximum atomic E-state index is 11.5. The average Bonchev–Trinajstić information content (AvgIpc) is 2.85. The van der Waals surface area contributed by atoms with Crippen LogP contribution in [0.1, 0.15) is 5.56 Å². The Labute approximate surface area is 94.8 Å². The minimum Gasteiger partial charge on any atom is -0.708 e. The zero-order valence-electron chi connectivity index (χ0n) is 8.43. The van der Waals surface area contributed by atoms with Crippen LogP contribution in [0, 0.1) is 5.21 Å². The van der Waals surface area contributed by atoms with E-state index in [0.29, 0.717) is 11.5 Å². The third-order valence-corrected chi connectivity index (χ3v) is 2.47. The summed E-state index contributed by atoms with van der Waals surface area (Å²) in [5, 5.41) is 13.4. The van der Waals surface area contributed by atoms with Crippen LogP contribution in [0.4, 0.5) is 4.79 Å². The molecule has 2 aliphatic heterocycles. The normalized spacial score (nSPS) is 17.6. The Hall–Kier alpha value is -2.57. The van der Waals surface area contributed by atoms with Gasteiger partial charge in [0, 0.05) is 0 Å². The molecule has 1 N–H and O–H groups in total. The van der Waals surface area contributed by atoms with Crippen molar-refractivity contribution in [2.45, 2.75) is 0 Å². The van der Waals surface area contributed by atoms with Crippen molar-refractivity contribution in [1.29, 1.82) is 0 Å². The lowest BCUT2D eigenvalue weighted by molar-refractivity contribution is -0.342. The van der Waals surface area contributed by atoms with E-state index in [9.17, 15) is 14.8 Å². The third-order valence-electron chi connectivity index (χ3n) is 2.47. The predicted octanol–water partition coefficient (Wildman–Crippen LogP) is -0.0355. The van der Waals surface area contributed by atoms with Gasteiger partial charge in [0.25, 0.3) is 0 Å². The molecule has 3 amide bonds. The SMILES string of the molecule is O=C1NC(=O)[N+]([O-])=C1c1cccc2c1OCO2. The molecule has 2 heterocycles. The molecule has 86 valence electrons. The summed E-state index contributed by atoms with van der Waals surface area (Å²) < 4.78 is 10.3. The summed E-state index contributed by atoms with van der Waals surface area (Å²) in [4.78, 5) is 22.5. The largest absolute Gasteiger partial charge is 0.708 e. The Kier molecular flexibility index (Phi) is 1.82. The van der Waals surface area contributed by atoms with E-state index in [-0.39, 0.29) is 22.8 Å². The summed E-state index contributed by atoms with van der Waals surface area (Å²) in [6, 6.07) is 3.78. The highest BCUT2D eigenvalue weighted by Gasteiger charge is 2.38. The van der Waals surface area contributed by atoms with Crippen LogP contribution < -0.4 is 14.8 Å². The van der Waals surface area contributed by atoms with E-state index in [1.807, 2.05) is 5.32 Å². The molecule has 1 aromatic rings. The number of fused-ring (bicyclic) bond motifs is 1. The summed E-state index contributed by atoms with van der Waals surface area (Å²) in [5.41, 5.74) is -0.0318. The zero-order chi connectivity index (χ0) is 12.0.